The van der Waals surface area contributed by atoms with E-state index in [-0.39, 0.29) is 5.91 Å². The summed E-state index contributed by atoms with van der Waals surface area (Å²) in [4.78, 5) is 16.9. The number of thiazole rings is 1. The van der Waals surface area contributed by atoms with Gasteiger partial charge in [-0.2, -0.15) is 0 Å². The Morgan fingerprint density at radius 3 is 3.05 bits per heavy atom. The monoisotopic (exact) mass is 354 g/mol. The molecular weight excluding hydrogens is 340 g/mol. The maximum absolute atomic E-state index is 11.7. The van der Waals surface area contributed by atoms with E-state index >= 15 is 0 Å². The second-order valence-corrected chi connectivity index (χ2v) is 6.38. The SMILES string of the molecule is Cc1cnc(NC(=O)CCCOc2cccc(Br)c2)s1. The van der Waals surface area contributed by atoms with Gasteiger partial charge in [0.1, 0.15) is 5.75 Å². The molecule has 0 saturated carbocycles. The Balaban J connectivity index is 1.67. The van der Waals surface area contributed by atoms with Crippen molar-refractivity contribution in [2.75, 3.05) is 11.9 Å². The molecule has 0 aliphatic heterocycles. The van der Waals surface area contributed by atoms with Crippen molar-refractivity contribution in [3.05, 3.63) is 39.8 Å². The van der Waals surface area contributed by atoms with E-state index in [2.05, 4.69) is 26.2 Å². The molecule has 0 saturated heterocycles. The number of rotatable bonds is 6. The van der Waals surface area contributed by atoms with Crippen molar-refractivity contribution in [3.8, 4) is 5.75 Å². The summed E-state index contributed by atoms with van der Waals surface area (Å²) in [5.41, 5.74) is 0. The third-order valence-corrected chi connectivity index (χ3v) is 3.80. The lowest BCUT2D eigenvalue weighted by Gasteiger charge is -2.06. The molecule has 0 spiro atoms. The molecule has 106 valence electrons. The van der Waals surface area contributed by atoms with Crippen LogP contribution in [-0.2, 0) is 4.79 Å². The minimum atomic E-state index is -0.0304. The van der Waals surface area contributed by atoms with Crippen LogP contribution in [0.1, 0.15) is 17.7 Å². The molecular formula is C14H15BrN2O2S. The van der Waals surface area contributed by atoms with Crippen LogP contribution in [0.2, 0.25) is 0 Å². The molecule has 4 nitrogen and oxygen atoms in total. The third-order valence-electron chi connectivity index (χ3n) is 2.48. The molecule has 2 rings (SSSR count). The fourth-order valence-corrected chi connectivity index (χ4v) is 2.63. The fourth-order valence-electron chi connectivity index (χ4n) is 1.57. The number of aromatic nitrogens is 1. The van der Waals surface area contributed by atoms with Crippen molar-refractivity contribution in [1.82, 2.24) is 4.98 Å². The molecule has 1 aromatic carbocycles. The standard InChI is InChI=1S/C14H15BrN2O2S/c1-10-9-16-14(20-10)17-13(18)6-3-7-19-12-5-2-4-11(15)8-12/h2,4-5,8-9H,3,6-7H2,1H3,(H,16,17,18). The molecule has 0 atom stereocenters. The predicted octanol–water partition coefficient (Wildman–Crippen LogP) is 4.01. The number of carbonyl (C=O) groups is 1. The van der Waals surface area contributed by atoms with Gasteiger partial charge < -0.3 is 10.1 Å². The Hall–Kier alpha value is -1.40. The zero-order valence-corrected chi connectivity index (χ0v) is 13.5. The quantitative estimate of drug-likeness (QED) is 0.797. The molecule has 20 heavy (non-hydrogen) atoms. The predicted molar refractivity (Wildman–Crippen MR) is 84.4 cm³/mol. The summed E-state index contributed by atoms with van der Waals surface area (Å²) in [7, 11) is 0. The highest BCUT2D eigenvalue weighted by molar-refractivity contribution is 9.10. The molecule has 0 bridgehead atoms. The smallest absolute Gasteiger partial charge is 0.226 e. The first-order valence-electron chi connectivity index (χ1n) is 6.24. The lowest BCUT2D eigenvalue weighted by atomic mass is 10.3. The van der Waals surface area contributed by atoms with Crippen LogP contribution >= 0.6 is 27.3 Å². The average molecular weight is 355 g/mol. The largest absolute Gasteiger partial charge is 0.494 e. The van der Waals surface area contributed by atoms with Crippen LogP contribution in [0.15, 0.2) is 34.9 Å². The minimum Gasteiger partial charge on any atom is -0.494 e. The van der Waals surface area contributed by atoms with Gasteiger partial charge in [-0.25, -0.2) is 4.98 Å². The molecule has 0 unspecified atom stereocenters. The van der Waals surface area contributed by atoms with Gasteiger partial charge in [-0.15, -0.1) is 11.3 Å². The number of nitrogens with one attached hydrogen (secondary N) is 1. The van der Waals surface area contributed by atoms with Gasteiger partial charge in [0.2, 0.25) is 5.91 Å². The second kappa shape index (κ2) is 7.40. The van der Waals surface area contributed by atoms with Gasteiger partial charge >= 0.3 is 0 Å². The number of benzene rings is 1. The maximum atomic E-state index is 11.7. The Morgan fingerprint density at radius 2 is 2.35 bits per heavy atom. The lowest BCUT2D eigenvalue weighted by Crippen LogP contribution is -2.12. The zero-order chi connectivity index (χ0) is 14.4. The first-order valence-corrected chi connectivity index (χ1v) is 7.85. The molecule has 2 aromatic rings. The minimum absolute atomic E-state index is 0.0304. The molecule has 6 heteroatoms. The Bertz CT molecular complexity index is 586. The number of ether oxygens (including phenoxy) is 1. The first-order chi connectivity index (χ1) is 9.63. The normalized spacial score (nSPS) is 10.3. The number of halogens is 1. The highest BCUT2D eigenvalue weighted by atomic mass is 79.9. The van der Waals surface area contributed by atoms with Gasteiger partial charge in [-0.3, -0.25) is 4.79 Å². The number of aryl methyl sites for hydroxylation is 1. The highest BCUT2D eigenvalue weighted by Gasteiger charge is 2.05. The van der Waals surface area contributed by atoms with Crippen molar-refractivity contribution in [2.45, 2.75) is 19.8 Å². The van der Waals surface area contributed by atoms with E-state index in [1.165, 1.54) is 11.3 Å². The maximum Gasteiger partial charge on any atom is 0.226 e. The van der Waals surface area contributed by atoms with Crippen LogP contribution in [0.5, 0.6) is 5.75 Å². The lowest BCUT2D eigenvalue weighted by molar-refractivity contribution is -0.116. The van der Waals surface area contributed by atoms with Crippen molar-refractivity contribution in [2.24, 2.45) is 0 Å². The summed E-state index contributed by atoms with van der Waals surface area (Å²) >= 11 is 4.86. The van der Waals surface area contributed by atoms with Gasteiger partial charge in [-0.1, -0.05) is 22.0 Å². The number of hydrogen-bond donors (Lipinski definition) is 1. The molecule has 0 aliphatic carbocycles. The second-order valence-electron chi connectivity index (χ2n) is 4.23. The van der Waals surface area contributed by atoms with Crippen LogP contribution in [0.3, 0.4) is 0 Å². The molecule has 1 N–H and O–H groups in total. The van der Waals surface area contributed by atoms with E-state index in [1.807, 2.05) is 31.2 Å². The Kier molecular flexibility index (Phi) is 5.55. The van der Waals surface area contributed by atoms with Gasteiger partial charge in [0.25, 0.3) is 0 Å². The molecule has 1 heterocycles. The Labute approximate surface area is 130 Å². The van der Waals surface area contributed by atoms with Gasteiger partial charge in [-0.05, 0) is 31.5 Å². The van der Waals surface area contributed by atoms with E-state index in [0.717, 1.165) is 15.1 Å². The van der Waals surface area contributed by atoms with E-state index < -0.39 is 0 Å². The average Bonchev–Trinajstić information content (AvgIpc) is 2.80. The van der Waals surface area contributed by atoms with Crippen LogP contribution < -0.4 is 10.1 Å². The molecule has 0 fully saturated rings. The van der Waals surface area contributed by atoms with Crippen LogP contribution in [-0.4, -0.2) is 17.5 Å². The van der Waals surface area contributed by atoms with E-state index in [0.29, 0.717) is 24.6 Å². The van der Waals surface area contributed by atoms with Crippen LogP contribution in [0, 0.1) is 6.92 Å². The summed E-state index contributed by atoms with van der Waals surface area (Å²) in [5, 5.41) is 3.43. The van der Waals surface area contributed by atoms with E-state index in [1.54, 1.807) is 6.20 Å². The molecule has 1 amide bonds. The molecule has 0 radical (unpaired) electrons. The third kappa shape index (κ3) is 4.94. The molecule has 1 aromatic heterocycles. The summed E-state index contributed by atoms with van der Waals surface area (Å²) < 4.78 is 6.55. The number of nitrogens with zero attached hydrogens (tertiary/aromatic N) is 1. The highest BCUT2D eigenvalue weighted by Crippen LogP contribution is 2.18. The summed E-state index contributed by atoms with van der Waals surface area (Å²) in [5.74, 6) is 0.771. The topological polar surface area (TPSA) is 51.2 Å². The number of anilines is 1. The van der Waals surface area contributed by atoms with E-state index in [9.17, 15) is 4.79 Å². The fraction of sp³-hybridized carbons (Fsp3) is 0.286. The van der Waals surface area contributed by atoms with Gasteiger partial charge in [0.15, 0.2) is 5.13 Å². The number of hydrogen-bond acceptors (Lipinski definition) is 4. The van der Waals surface area contributed by atoms with Crippen molar-refractivity contribution >= 4 is 38.3 Å². The molecule has 0 aliphatic rings. The Morgan fingerprint density at radius 1 is 1.50 bits per heavy atom. The summed E-state index contributed by atoms with van der Waals surface area (Å²) in [6.07, 6.45) is 2.84. The van der Waals surface area contributed by atoms with Crippen LogP contribution in [0.4, 0.5) is 5.13 Å². The van der Waals surface area contributed by atoms with Crippen molar-refractivity contribution in [3.63, 3.8) is 0 Å². The summed E-state index contributed by atoms with van der Waals surface area (Å²) in [6, 6.07) is 7.65. The van der Waals surface area contributed by atoms with E-state index in [4.69, 9.17) is 4.74 Å². The number of carbonyl (C=O) groups excluding carboxylic acids is 1. The number of amides is 1. The van der Waals surface area contributed by atoms with Crippen molar-refractivity contribution in [1.29, 1.82) is 0 Å². The first kappa shape index (κ1) is 15.0. The van der Waals surface area contributed by atoms with Gasteiger partial charge in [0.05, 0.1) is 6.61 Å². The van der Waals surface area contributed by atoms with Crippen molar-refractivity contribution < 1.29 is 9.53 Å². The zero-order valence-electron chi connectivity index (χ0n) is 11.1. The van der Waals surface area contributed by atoms with Gasteiger partial charge in [0, 0.05) is 22.0 Å². The van der Waals surface area contributed by atoms with Crippen LogP contribution in [0.25, 0.3) is 0 Å². The summed E-state index contributed by atoms with van der Waals surface area (Å²) in [6.45, 7) is 2.47.